The van der Waals surface area contributed by atoms with Gasteiger partial charge in [-0.15, -0.1) is 0 Å². The minimum absolute atomic E-state index is 0.0262. The van der Waals surface area contributed by atoms with Gasteiger partial charge in [0.15, 0.2) is 11.4 Å². The van der Waals surface area contributed by atoms with Crippen LogP contribution in [0.25, 0.3) is 0 Å². The lowest BCUT2D eigenvalue weighted by Crippen LogP contribution is -2.36. The summed E-state index contributed by atoms with van der Waals surface area (Å²) in [6, 6.07) is 10.4. The number of rotatable bonds is 5. The van der Waals surface area contributed by atoms with Gasteiger partial charge in [-0.2, -0.15) is 0 Å². The van der Waals surface area contributed by atoms with E-state index < -0.39 is 11.8 Å². The van der Waals surface area contributed by atoms with Crippen LogP contribution in [0.2, 0.25) is 5.02 Å². The highest BCUT2D eigenvalue weighted by Gasteiger charge is 2.16. The van der Waals surface area contributed by atoms with E-state index >= 15 is 0 Å². The van der Waals surface area contributed by atoms with Crippen LogP contribution in [0.15, 0.2) is 42.6 Å². The highest BCUT2D eigenvalue weighted by Crippen LogP contribution is 2.18. The summed E-state index contributed by atoms with van der Waals surface area (Å²) in [7, 11) is 0. The van der Waals surface area contributed by atoms with E-state index in [4.69, 9.17) is 22.1 Å². The minimum atomic E-state index is -0.651. The Hall–Kier alpha value is -2.44. The van der Waals surface area contributed by atoms with E-state index in [0.29, 0.717) is 5.02 Å². The Morgan fingerprint density at radius 2 is 1.95 bits per heavy atom. The van der Waals surface area contributed by atoms with Crippen LogP contribution in [0.3, 0.4) is 0 Å². The second-order valence-corrected chi connectivity index (χ2v) is 4.78. The molecule has 22 heavy (non-hydrogen) atoms. The summed E-state index contributed by atoms with van der Waals surface area (Å²) in [6.45, 7) is -0.0342. The van der Waals surface area contributed by atoms with E-state index in [0.717, 1.165) is 5.56 Å². The molecule has 1 aromatic carbocycles. The molecule has 7 heteroatoms. The summed E-state index contributed by atoms with van der Waals surface area (Å²) in [6.07, 6.45) is 1.44. The van der Waals surface area contributed by atoms with E-state index in [-0.39, 0.29) is 24.6 Å². The normalized spacial score (nSPS) is 10.1. The molecular weight excluding hydrogens is 306 g/mol. The second kappa shape index (κ2) is 7.53. The van der Waals surface area contributed by atoms with Crippen LogP contribution >= 0.6 is 11.6 Å². The molecule has 0 unspecified atom stereocenters. The van der Waals surface area contributed by atoms with Crippen LogP contribution < -0.4 is 15.8 Å². The third kappa shape index (κ3) is 4.28. The number of carbonyl (C=O) groups is 2. The standard InChI is InChI=1S/C15H14ClN3O3/c16-11-5-3-10(4-6-11)9-22-12-2-1-7-18-14(12)15(21)19-13(20)8-17/h1-7H,8-9,17H2,(H,19,20,21). The van der Waals surface area contributed by atoms with E-state index in [2.05, 4.69) is 10.3 Å². The summed E-state index contributed by atoms with van der Waals surface area (Å²) in [5, 5.41) is 2.76. The summed E-state index contributed by atoms with van der Waals surface area (Å²) >= 11 is 5.81. The zero-order chi connectivity index (χ0) is 15.9. The molecule has 3 N–H and O–H groups in total. The Labute approximate surface area is 132 Å². The zero-order valence-electron chi connectivity index (χ0n) is 11.6. The molecule has 0 aliphatic rings. The Bertz CT molecular complexity index is 674. The Kier molecular flexibility index (Phi) is 5.46. The number of hydrogen-bond donors (Lipinski definition) is 2. The van der Waals surface area contributed by atoms with E-state index in [9.17, 15) is 9.59 Å². The van der Waals surface area contributed by atoms with Crippen molar-refractivity contribution in [2.45, 2.75) is 6.61 Å². The number of nitrogens with one attached hydrogen (secondary N) is 1. The van der Waals surface area contributed by atoms with Crippen LogP contribution in [-0.2, 0) is 11.4 Å². The van der Waals surface area contributed by atoms with Gasteiger partial charge in [0.1, 0.15) is 6.61 Å². The van der Waals surface area contributed by atoms with Gasteiger partial charge < -0.3 is 10.5 Å². The number of ether oxygens (including phenoxy) is 1. The quantitative estimate of drug-likeness (QED) is 0.871. The third-order valence-electron chi connectivity index (χ3n) is 2.73. The van der Waals surface area contributed by atoms with E-state index in [1.165, 1.54) is 6.20 Å². The third-order valence-corrected chi connectivity index (χ3v) is 2.98. The molecule has 1 heterocycles. The lowest BCUT2D eigenvalue weighted by molar-refractivity contribution is -0.118. The van der Waals surface area contributed by atoms with E-state index in [1.54, 1.807) is 24.3 Å². The van der Waals surface area contributed by atoms with Gasteiger partial charge in [-0.1, -0.05) is 23.7 Å². The molecule has 0 bridgehead atoms. The number of aromatic nitrogens is 1. The molecule has 114 valence electrons. The van der Waals surface area contributed by atoms with Gasteiger partial charge in [0.05, 0.1) is 6.54 Å². The van der Waals surface area contributed by atoms with Crippen molar-refractivity contribution in [3.8, 4) is 5.75 Å². The highest BCUT2D eigenvalue weighted by molar-refractivity contribution is 6.30. The number of hydrogen-bond acceptors (Lipinski definition) is 5. The van der Waals surface area contributed by atoms with Crippen molar-refractivity contribution < 1.29 is 14.3 Å². The minimum Gasteiger partial charge on any atom is -0.486 e. The molecule has 2 amide bonds. The molecular formula is C15H14ClN3O3. The maximum atomic E-state index is 11.9. The van der Waals surface area contributed by atoms with Crippen molar-refractivity contribution in [2.75, 3.05) is 6.54 Å². The molecule has 1 aromatic heterocycles. The fraction of sp³-hybridized carbons (Fsp3) is 0.133. The fourth-order valence-corrected chi connectivity index (χ4v) is 1.78. The molecule has 0 spiro atoms. The predicted octanol–water partition coefficient (Wildman–Crippen LogP) is 1.53. The molecule has 6 nitrogen and oxygen atoms in total. The van der Waals surface area contributed by atoms with Crippen molar-refractivity contribution in [1.29, 1.82) is 0 Å². The number of halogens is 1. The van der Waals surface area contributed by atoms with E-state index in [1.807, 2.05) is 12.1 Å². The number of imide groups is 1. The number of carbonyl (C=O) groups excluding carboxylic acids is 2. The summed E-state index contributed by atoms with van der Waals surface area (Å²) in [5.41, 5.74) is 6.07. The van der Waals surface area contributed by atoms with Crippen molar-refractivity contribution in [3.05, 3.63) is 58.9 Å². The van der Waals surface area contributed by atoms with Crippen LogP contribution in [0, 0.1) is 0 Å². The van der Waals surface area contributed by atoms with Gasteiger partial charge in [-0.3, -0.25) is 14.9 Å². The number of nitrogens with zero attached hydrogens (tertiary/aromatic N) is 1. The van der Waals surface area contributed by atoms with Crippen molar-refractivity contribution in [2.24, 2.45) is 5.73 Å². The first kappa shape index (κ1) is 15.9. The summed E-state index contributed by atoms with van der Waals surface area (Å²) < 4.78 is 5.59. The predicted molar refractivity (Wildman–Crippen MR) is 81.5 cm³/mol. The van der Waals surface area contributed by atoms with Crippen molar-refractivity contribution >= 4 is 23.4 Å². The molecule has 0 saturated carbocycles. The Balaban J connectivity index is 2.09. The van der Waals surface area contributed by atoms with Gasteiger partial charge in [0, 0.05) is 11.2 Å². The molecule has 0 radical (unpaired) electrons. The fourth-order valence-electron chi connectivity index (χ4n) is 1.66. The average Bonchev–Trinajstić information content (AvgIpc) is 2.54. The highest BCUT2D eigenvalue weighted by atomic mass is 35.5. The molecule has 0 aliphatic heterocycles. The first-order valence-electron chi connectivity index (χ1n) is 6.46. The van der Waals surface area contributed by atoms with Crippen molar-refractivity contribution in [1.82, 2.24) is 10.3 Å². The van der Waals surface area contributed by atoms with Crippen LogP contribution in [0.1, 0.15) is 16.1 Å². The topological polar surface area (TPSA) is 94.3 Å². The van der Waals surface area contributed by atoms with Gasteiger partial charge in [-0.05, 0) is 29.8 Å². The van der Waals surface area contributed by atoms with Crippen molar-refractivity contribution in [3.63, 3.8) is 0 Å². The number of amides is 2. The van der Waals surface area contributed by atoms with Gasteiger partial charge >= 0.3 is 0 Å². The number of pyridine rings is 1. The smallest absolute Gasteiger partial charge is 0.280 e. The Morgan fingerprint density at radius 1 is 1.23 bits per heavy atom. The molecule has 0 atom stereocenters. The van der Waals surface area contributed by atoms with Crippen LogP contribution in [0.5, 0.6) is 5.75 Å². The molecule has 2 rings (SSSR count). The molecule has 0 aliphatic carbocycles. The molecule has 0 saturated heterocycles. The first-order chi connectivity index (χ1) is 10.6. The molecule has 0 fully saturated rings. The monoisotopic (exact) mass is 319 g/mol. The van der Waals surface area contributed by atoms with Gasteiger partial charge in [0.2, 0.25) is 5.91 Å². The van der Waals surface area contributed by atoms with Crippen LogP contribution in [-0.4, -0.2) is 23.3 Å². The average molecular weight is 320 g/mol. The Morgan fingerprint density at radius 3 is 2.64 bits per heavy atom. The number of nitrogens with two attached hydrogens (primary N) is 1. The summed E-state index contributed by atoms with van der Waals surface area (Å²) in [5.74, 6) is -0.957. The van der Waals surface area contributed by atoms with Gasteiger partial charge in [0.25, 0.3) is 5.91 Å². The van der Waals surface area contributed by atoms with Gasteiger partial charge in [-0.25, -0.2) is 4.98 Å². The SMILES string of the molecule is NCC(=O)NC(=O)c1ncccc1OCc1ccc(Cl)cc1. The maximum absolute atomic E-state index is 11.9. The lowest BCUT2D eigenvalue weighted by atomic mass is 10.2. The van der Waals surface area contributed by atoms with Crippen LogP contribution in [0.4, 0.5) is 0 Å². The lowest BCUT2D eigenvalue weighted by Gasteiger charge is -2.10. The zero-order valence-corrected chi connectivity index (χ0v) is 12.3. The second-order valence-electron chi connectivity index (χ2n) is 4.35. The molecule has 2 aromatic rings. The first-order valence-corrected chi connectivity index (χ1v) is 6.84. The number of benzene rings is 1. The largest absolute Gasteiger partial charge is 0.486 e. The maximum Gasteiger partial charge on any atom is 0.280 e. The summed E-state index contributed by atoms with van der Waals surface area (Å²) in [4.78, 5) is 27.1.